The predicted molar refractivity (Wildman–Crippen MR) is 49.2 cm³/mol. The van der Waals surface area contributed by atoms with Gasteiger partial charge in [-0.25, -0.2) is 4.39 Å². The average molecular weight is 244 g/mol. The molecule has 0 aromatic heterocycles. The molecule has 0 spiro atoms. The topological polar surface area (TPSA) is 0 Å². The molecule has 0 unspecified atom stereocenters. The van der Waals surface area contributed by atoms with E-state index in [0.29, 0.717) is 6.07 Å². The third-order valence-electron chi connectivity index (χ3n) is 2.02. The maximum atomic E-state index is 12.7. The van der Waals surface area contributed by atoms with Crippen LogP contribution in [0.3, 0.4) is 0 Å². The summed E-state index contributed by atoms with van der Waals surface area (Å²) in [6.07, 6.45) is 0. The van der Waals surface area contributed by atoms with Crippen LogP contribution in [0.4, 0.5) is 17.3 Å². The third-order valence-corrected chi connectivity index (χ3v) is 2.02. The first-order valence-electron chi connectivity index (χ1n) is 4.31. The molecule has 78 valence electrons. The Morgan fingerprint density at radius 2 is 1.67 bits per heavy atom. The van der Waals surface area contributed by atoms with Gasteiger partial charge < -0.3 is 12.9 Å². The molecule has 0 bridgehead atoms. The molecule has 0 fully saturated rings. The van der Waals surface area contributed by atoms with Gasteiger partial charge in [0.2, 0.25) is 0 Å². The number of halogens is 4. The van der Waals surface area contributed by atoms with E-state index in [1.54, 1.807) is 13.8 Å². The number of hydrogen-bond donors (Lipinski definition) is 0. The van der Waals surface area contributed by atoms with Crippen LogP contribution < -0.4 is 56.8 Å². The molecule has 0 aliphatic carbocycles. The summed E-state index contributed by atoms with van der Waals surface area (Å²) in [4.78, 5) is 0. The Morgan fingerprint density at radius 3 is 2.07 bits per heavy atom. The minimum absolute atomic E-state index is 0. The zero-order valence-electron chi connectivity index (χ0n) is 8.90. The fraction of sp³-hybridized carbons (Fsp3) is 0.333. The molecule has 15 heavy (non-hydrogen) atoms. The minimum atomic E-state index is -5.13. The van der Waals surface area contributed by atoms with Crippen molar-refractivity contribution in [2.24, 2.45) is 0 Å². The van der Waals surface area contributed by atoms with Crippen LogP contribution in [0.1, 0.15) is 25.3 Å². The maximum absolute atomic E-state index is 12.7. The van der Waals surface area contributed by atoms with Crippen LogP contribution in [0.5, 0.6) is 0 Å². The van der Waals surface area contributed by atoms with E-state index in [1.807, 2.05) is 0 Å². The van der Waals surface area contributed by atoms with Crippen LogP contribution in [0.2, 0.25) is 0 Å². The summed E-state index contributed by atoms with van der Waals surface area (Å²) >= 11 is 0. The molecule has 0 N–H and O–H groups in total. The Bertz CT molecular complexity index is 335. The standard InChI is InChI=1S/C9H10BF4.K/c1-6(2)8-4-3-7(11)5-9(8)10(12,13)14;/h3-6H,1-2H3;/q-1;+1. The van der Waals surface area contributed by atoms with Crippen molar-refractivity contribution in [1.29, 1.82) is 0 Å². The van der Waals surface area contributed by atoms with Crippen LogP contribution in [0.15, 0.2) is 18.2 Å². The molecule has 0 atom stereocenters. The zero-order chi connectivity index (χ0) is 10.9. The molecule has 0 saturated carbocycles. The summed E-state index contributed by atoms with van der Waals surface area (Å²) in [6, 6.07) is 2.82. The van der Waals surface area contributed by atoms with Crippen molar-refractivity contribution in [3.8, 4) is 0 Å². The van der Waals surface area contributed by atoms with E-state index < -0.39 is 18.3 Å². The molecule has 0 nitrogen and oxygen atoms in total. The van der Waals surface area contributed by atoms with Crippen molar-refractivity contribution in [2.45, 2.75) is 19.8 Å². The second-order valence-corrected chi connectivity index (χ2v) is 3.50. The van der Waals surface area contributed by atoms with Gasteiger partial charge in [0.1, 0.15) is 5.82 Å². The summed E-state index contributed by atoms with van der Waals surface area (Å²) in [5.74, 6) is -1.10. The number of rotatable bonds is 2. The van der Waals surface area contributed by atoms with Crippen LogP contribution in [0.25, 0.3) is 0 Å². The molecule has 0 radical (unpaired) electrons. The summed E-state index contributed by atoms with van der Waals surface area (Å²) in [7, 11) is 0. The van der Waals surface area contributed by atoms with Crippen molar-refractivity contribution in [1.82, 2.24) is 0 Å². The molecule has 1 aromatic carbocycles. The van der Waals surface area contributed by atoms with Gasteiger partial charge in [-0.3, -0.25) is 0 Å². The second-order valence-electron chi connectivity index (χ2n) is 3.50. The van der Waals surface area contributed by atoms with E-state index in [2.05, 4.69) is 0 Å². The summed E-state index contributed by atoms with van der Waals surface area (Å²) in [6.45, 7) is -1.82. The minimum Gasteiger partial charge on any atom is -0.445 e. The van der Waals surface area contributed by atoms with Gasteiger partial charge in [0.05, 0.1) is 0 Å². The molecule has 0 aliphatic heterocycles. The molecular weight excluding hydrogens is 234 g/mol. The fourth-order valence-corrected chi connectivity index (χ4v) is 1.35. The fourth-order valence-electron chi connectivity index (χ4n) is 1.35. The van der Waals surface area contributed by atoms with E-state index in [-0.39, 0.29) is 62.9 Å². The van der Waals surface area contributed by atoms with Crippen molar-refractivity contribution in [3.05, 3.63) is 29.6 Å². The zero-order valence-corrected chi connectivity index (χ0v) is 12.0. The summed E-state index contributed by atoms with van der Waals surface area (Å²) in [5.41, 5.74) is -0.668. The second kappa shape index (κ2) is 5.82. The van der Waals surface area contributed by atoms with Gasteiger partial charge in [0.25, 0.3) is 0 Å². The van der Waals surface area contributed by atoms with Gasteiger partial charge in [-0.2, -0.15) is 0 Å². The molecule has 0 heterocycles. The van der Waals surface area contributed by atoms with Crippen molar-refractivity contribution >= 4 is 12.4 Å². The van der Waals surface area contributed by atoms with Gasteiger partial charge in [-0.05, 0) is 12.0 Å². The van der Waals surface area contributed by atoms with Gasteiger partial charge in [0.15, 0.2) is 0 Å². The van der Waals surface area contributed by atoms with Crippen LogP contribution >= 0.6 is 0 Å². The van der Waals surface area contributed by atoms with Crippen molar-refractivity contribution in [2.75, 3.05) is 0 Å². The number of hydrogen-bond acceptors (Lipinski definition) is 0. The van der Waals surface area contributed by atoms with E-state index in [0.717, 1.165) is 6.07 Å². The van der Waals surface area contributed by atoms with Crippen molar-refractivity contribution in [3.63, 3.8) is 0 Å². The molecule has 0 amide bonds. The third kappa shape index (κ3) is 4.19. The Hall–Kier alpha value is 0.641. The van der Waals surface area contributed by atoms with Crippen LogP contribution in [0, 0.1) is 5.82 Å². The molecule has 0 aliphatic rings. The Kier molecular flexibility index (Phi) is 6.07. The maximum Gasteiger partial charge on any atom is 1.00 e. The molecular formula is C9H10BF4K. The molecule has 6 heteroatoms. The SMILES string of the molecule is CC(C)c1ccc(F)cc1[B-](F)(F)F.[K+]. The van der Waals surface area contributed by atoms with E-state index in [9.17, 15) is 17.3 Å². The summed E-state index contributed by atoms with van der Waals surface area (Å²) in [5, 5.41) is 0. The first-order valence-corrected chi connectivity index (χ1v) is 4.31. The average Bonchev–Trinajstić information content (AvgIpc) is 2.01. The smallest absolute Gasteiger partial charge is 0.445 e. The first-order chi connectivity index (χ1) is 6.32. The van der Waals surface area contributed by atoms with Gasteiger partial charge >= 0.3 is 58.4 Å². The monoisotopic (exact) mass is 244 g/mol. The van der Waals surface area contributed by atoms with E-state index in [1.165, 1.54) is 6.07 Å². The Labute approximate surface area is 129 Å². The molecule has 0 saturated heterocycles. The summed E-state index contributed by atoms with van der Waals surface area (Å²) < 4.78 is 50.1. The quantitative estimate of drug-likeness (QED) is 0.507. The van der Waals surface area contributed by atoms with E-state index >= 15 is 0 Å². The van der Waals surface area contributed by atoms with Crippen LogP contribution in [-0.4, -0.2) is 6.98 Å². The van der Waals surface area contributed by atoms with Crippen LogP contribution in [-0.2, 0) is 0 Å². The Morgan fingerprint density at radius 1 is 1.13 bits per heavy atom. The number of benzene rings is 1. The van der Waals surface area contributed by atoms with E-state index in [4.69, 9.17) is 0 Å². The first kappa shape index (κ1) is 15.6. The molecule has 1 rings (SSSR count). The largest absolute Gasteiger partial charge is 1.00 e. The molecule has 1 aromatic rings. The Balaban J connectivity index is 0.00000196. The normalized spacial score (nSPS) is 11.4. The van der Waals surface area contributed by atoms with Gasteiger partial charge in [0, 0.05) is 0 Å². The van der Waals surface area contributed by atoms with Gasteiger partial charge in [-0.1, -0.05) is 31.5 Å². The predicted octanol–water partition coefficient (Wildman–Crippen LogP) is 0.00750. The van der Waals surface area contributed by atoms with Crippen molar-refractivity contribution < 1.29 is 68.7 Å². The van der Waals surface area contributed by atoms with Gasteiger partial charge in [-0.15, -0.1) is 5.46 Å².